The van der Waals surface area contributed by atoms with Gasteiger partial charge in [0, 0.05) is 6.20 Å². The number of furan rings is 1. The zero-order valence-electron chi connectivity index (χ0n) is 16.0. The average molecular weight is 540 g/mol. The van der Waals surface area contributed by atoms with Crippen molar-refractivity contribution in [3.05, 3.63) is 90.6 Å². The van der Waals surface area contributed by atoms with Crippen molar-refractivity contribution < 1.29 is 14.1 Å². The van der Waals surface area contributed by atoms with Gasteiger partial charge >= 0.3 is 5.82 Å². The first-order valence-electron chi connectivity index (χ1n) is 9.02. The molecule has 13 heteroatoms. The van der Waals surface area contributed by atoms with Crippen molar-refractivity contribution in [3.63, 3.8) is 0 Å². The second kappa shape index (κ2) is 9.15. The highest BCUT2D eigenvalue weighted by Gasteiger charge is 2.20. The fourth-order valence-corrected chi connectivity index (χ4v) is 3.65. The number of aromatic nitrogens is 4. The third-order valence-electron chi connectivity index (χ3n) is 4.30. The van der Waals surface area contributed by atoms with Crippen molar-refractivity contribution in [2.24, 2.45) is 0 Å². The number of anilines is 1. The molecule has 164 valence electrons. The Morgan fingerprint density at radius 1 is 1.16 bits per heavy atom. The molecule has 0 radical (unpaired) electrons. The van der Waals surface area contributed by atoms with Crippen LogP contribution in [0.1, 0.15) is 21.9 Å². The monoisotopic (exact) mass is 538 g/mol. The number of benzene rings is 1. The van der Waals surface area contributed by atoms with Crippen LogP contribution in [0.3, 0.4) is 0 Å². The lowest BCUT2D eigenvalue weighted by atomic mass is 10.2. The molecule has 0 aliphatic rings. The molecular formula is C19H13BrCl2N6O4. The summed E-state index contributed by atoms with van der Waals surface area (Å²) in [5.74, 6) is -0.265. The minimum absolute atomic E-state index is 0.0814. The lowest BCUT2D eigenvalue weighted by molar-refractivity contribution is -0.390. The normalized spacial score (nSPS) is 11.0. The summed E-state index contributed by atoms with van der Waals surface area (Å²) in [4.78, 5) is 22.8. The molecule has 4 rings (SSSR count). The van der Waals surface area contributed by atoms with Gasteiger partial charge in [-0.3, -0.25) is 9.48 Å². The topological polar surface area (TPSA) is 121 Å². The van der Waals surface area contributed by atoms with Gasteiger partial charge in [-0.2, -0.15) is 9.78 Å². The Hall–Kier alpha value is -3.15. The number of nitro groups is 1. The Labute approximate surface area is 199 Å². The van der Waals surface area contributed by atoms with Crippen LogP contribution in [0.4, 0.5) is 11.5 Å². The molecule has 0 saturated carbocycles. The molecule has 3 aromatic heterocycles. The summed E-state index contributed by atoms with van der Waals surface area (Å²) in [6, 6.07) is 8.41. The van der Waals surface area contributed by atoms with Gasteiger partial charge in [-0.1, -0.05) is 29.3 Å². The maximum absolute atomic E-state index is 12.5. The summed E-state index contributed by atoms with van der Waals surface area (Å²) < 4.78 is 8.79. The first kappa shape index (κ1) is 22.1. The number of carbonyl (C=O) groups excluding carboxylic acids is 1. The van der Waals surface area contributed by atoms with Crippen molar-refractivity contribution in [2.45, 2.75) is 13.1 Å². The van der Waals surface area contributed by atoms with E-state index in [4.69, 9.17) is 27.6 Å². The molecule has 0 unspecified atom stereocenters. The molecule has 1 amide bonds. The van der Waals surface area contributed by atoms with Gasteiger partial charge in [0.25, 0.3) is 5.91 Å². The second-order valence-electron chi connectivity index (χ2n) is 6.65. The number of hydrogen-bond acceptors (Lipinski definition) is 6. The van der Waals surface area contributed by atoms with E-state index in [2.05, 4.69) is 31.4 Å². The van der Waals surface area contributed by atoms with Crippen molar-refractivity contribution in [2.75, 3.05) is 5.32 Å². The molecule has 0 aliphatic heterocycles. The number of amides is 1. The van der Waals surface area contributed by atoms with Gasteiger partial charge < -0.3 is 19.8 Å². The smallest absolute Gasteiger partial charge is 0.404 e. The summed E-state index contributed by atoms with van der Waals surface area (Å²) in [5, 5.41) is 22.6. The molecule has 1 N–H and O–H groups in total. The molecular weight excluding hydrogens is 527 g/mol. The molecule has 32 heavy (non-hydrogen) atoms. The molecule has 0 spiro atoms. The molecule has 10 nitrogen and oxygen atoms in total. The summed E-state index contributed by atoms with van der Waals surface area (Å²) in [5.41, 5.74) is 1.39. The molecule has 0 aliphatic carbocycles. The molecule has 0 atom stereocenters. The van der Waals surface area contributed by atoms with Crippen molar-refractivity contribution >= 4 is 56.5 Å². The van der Waals surface area contributed by atoms with Gasteiger partial charge in [0.2, 0.25) is 0 Å². The Kier molecular flexibility index (Phi) is 6.31. The predicted molar refractivity (Wildman–Crippen MR) is 120 cm³/mol. The van der Waals surface area contributed by atoms with E-state index in [9.17, 15) is 14.9 Å². The fourth-order valence-electron chi connectivity index (χ4n) is 2.87. The Morgan fingerprint density at radius 3 is 2.69 bits per heavy atom. The van der Waals surface area contributed by atoms with Gasteiger partial charge in [0.05, 0.1) is 39.8 Å². The van der Waals surface area contributed by atoms with Crippen molar-refractivity contribution in [3.8, 4) is 0 Å². The number of carbonyl (C=O) groups is 1. The highest BCUT2D eigenvalue weighted by Crippen LogP contribution is 2.24. The van der Waals surface area contributed by atoms with Gasteiger partial charge in [-0.05, 0) is 50.7 Å². The van der Waals surface area contributed by atoms with Crippen LogP contribution in [0.15, 0.2) is 57.8 Å². The minimum atomic E-state index is -0.594. The SMILES string of the molecule is O=C(Nc1cnn(Cc2ccc(Cl)c(Cl)c2)c1)c1ccc(Cn2cc(Br)c([N+](=O)[O-])n2)o1. The van der Waals surface area contributed by atoms with Gasteiger partial charge in [-0.25, -0.2) is 0 Å². The van der Waals surface area contributed by atoms with Crippen LogP contribution >= 0.6 is 39.1 Å². The van der Waals surface area contributed by atoms with E-state index >= 15 is 0 Å². The lowest BCUT2D eigenvalue weighted by Crippen LogP contribution is -2.10. The third-order valence-corrected chi connectivity index (χ3v) is 5.59. The summed E-state index contributed by atoms with van der Waals surface area (Å²) in [7, 11) is 0. The quantitative estimate of drug-likeness (QED) is 0.260. The first-order valence-corrected chi connectivity index (χ1v) is 10.6. The maximum Gasteiger partial charge on any atom is 0.404 e. The number of halogens is 3. The predicted octanol–water partition coefficient (Wildman–Crippen LogP) is 5.00. The van der Waals surface area contributed by atoms with Crippen LogP contribution in [0.5, 0.6) is 0 Å². The Balaban J connectivity index is 1.38. The van der Waals surface area contributed by atoms with Gasteiger partial charge in [0.1, 0.15) is 16.8 Å². The van der Waals surface area contributed by atoms with Crippen LogP contribution in [-0.4, -0.2) is 30.4 Å². The fraction of sp³-hybridized carbons (Fsp3) is 0.105. The standard InChI is InChI=1S/C19H13BrCl2N6O4/c20-14-10-27(25-18(14)28(30)31)9-13-2-4-17(32-13)19(29)24-12-6-23-26(8-12)7-11-1-3-15(21)16(22)5-11/h1-6,8,10H,7,9H2,(H,24,29). The van der Waals surface area contributed by atoms with E-state index in [1.54, 1.807) is 29.1 Å². The van der Waals surface area contributed by atoms with E-state index in [-0.39, 0.29) is 22.6 Å². The lowest BCUT2D eigenvalue weighted by Gasteiger charge is -2.03. The second-order valence-corrected chi connectivity index (χ2v) is 8.32. The van der Waals surface area contributed by atoms with Crippen LogP contribution in [0.2, 0.25) is 10.0 Å². The van der Waals surface area contributed by atoms with Crippen LogP contribution in [0.25, 0.3) is 0 Å². The van der Waals surface area contributed by atoms with Crippen molar-refractivity contribution in [1.29, 1.82) is 0 Å². The summed E-state index contributed by atoms with van der Waals surface area (Å²) in [6.45, 7) is 0.574. The van der Waals surface area contributed by atoms with E-state index in [0.29, 0.717) is 28.0 Å². The van der Waals surface area contributed by atoms with Crippen LogP contribution < -0.4 is 5.32 Å². The number of rotatable bonds is 7. The van der Waals surface area contributed by atoms with Crippen molar-refractivity contribution in [1.82, 2.24) is 19.6 Å². The average Bonchev–Trinajstić information content (AvgIpc) is 3.46. The first-order chi connectivity index (χ1) is 15.3. The highest BCUT2D eigenvalue weighted by atomic mass is 79.9. The van der Waals surface area contributed by atoms with E-state index in [1.807, 2.05) is 6.07 Å². The zero-order valence-corrected chi connectivity index (χ0v) is 19.1. The third kappa shape index (κ3) is 5.01. The number of nitrogens with one attached hydrogen (secondary N) is 1. The maximum atomic E-state index is 12.5. The van der Waals surface area contributed by atoms with E-state index in [0.717, 1.165) is 5.56 Å². The number of hydrogen-bond donors (Lipinski definition) is 1. The van der Waals surface area contributed by atoms with Crippen LogP contribution in [0, 0.1) is 10.1 Å². The molecule has 3 heterocycles. The summed E-state index contributed by atoms with van der Waals surface area (Å²) in [6.07, 6.45) is 4.65. The molecule has 1 aromatic carbocycles. The largest absolute Gasteiger partial charge is 0.454 e. The number of nitrogens with zero attached hydrogens (tertiary/aromatic N) is 5. The van der Waals surface area contributed by atoms with Crippen LogP contribution in [-0.2, 0) is 13.1 Å². The van der Waals surface area contributed by atoms with E-state index < -0.39 is 10.8 Å². The Morgan fingerprint density at radius 2 is 1.97 bits per heavy atom. The molecule has 0 bridgehead atoms. The summed E-state index contributed by atoms with van der Waals surface area (Å²) >= 11 is 15.0. The Bertz CT molecular complexity index is 1310. The minimum Gasteiger partial charge on any atom is -0.454 e. The zero-order chi connectivity index (χ0) is 22.8. The highest BCUT2D eigenvalue weighted by molar-refractivity contribution is 9.10. The van der Waals surface area contributed by atoms with E-state index in [1.165, 1.54) is 23.1 Å². The van der Waals surface area contributed by atoms with Gasteiger partial charge in [-0.15, -0.1) is 0 Å². The molecule has 4 aromatic rings. The van der Waals surface area contributed by atoms with Gasteiger partial charge in [0.15, 0.2) is 5.76 Å². The molecule has 0 fully saturated rings. The molecule has 0 saturated heterocycles.